The van der Waals surface area contributed by atoms with Gasteiger partial charge in [-0.2, -0.15) is 5.10 Å². The summed E-state index contributed by atoms with van der Waals surface area (Å²) in [6, 6.07) is 10.1. The van der Waals surface area contributed by atoms with Gasteiger partial charge in [0.2, 0.25) is 0 Å². The fraction of sp³-hybridized carbons (Fsp3) is 0.412. The first-order valence-corrected chi connectivity index (χ1v) is 8.15. The van der Waals surface area contributed by atoms with Crippen LogP contribution in [-0.2, 0) is 18.4 Å². The number of likely N-dealkylation sites (tertiary alicyclic amines) is 1. The molecule has 1 aromatic carbocycles. The SMILES string of the molecule is Cn1cc(Cl)c(C(=O)N2CCC(OCc3ccccc3)CC2)n1. The molecule has 5 nitrogen and oxygen atoms in total. The minimum atomic E-state index is -0.0999. The number of ether oxygens (including phenoxy) is 1. The maximum absolute atomic E-state index is 12.4. The number of hydrogen-bond donors (Lipinski definition) is 0. The fourth-order valence-corrected chi connectivity index (χ4v) is 3.03. The Balaban J connectivity index is 1.50. The van der Waals surface area contributed by atoms with E-state index in [0.717, 1.165) is 12.8 Å². The van der Waals surface area contributed by atoms with Crippen molar-refractivity contribution in [1.82, 2.24) is 14.7 Å². The molecule has 1 fully saturated rings. The Kier molecular flexibility index (Phi) is 4.98. The van der Waals surface area contributed by atoms with Crippen molar-refractivity contribution in [2.45, 2.75) is 25.6 Å². The molecule has 2 aromatic rings. The van der Waals surface area contributed by atoms with E-state index in [2.05, 4.69) is 17.2 Å². The molecule has 1 aromatic heterocycles. The molecule has 0 atom stereocenters. The zero-order valence-corrected chi connectivity index (χ0v) is 13.9. The molecule has 3 rings (SSSR count). The number of carbonyl (C=O) groups is 1. The topological polar surface area (TPSA) is 47.4 Å². The molecule has 0 radical (unpaired) electrons. The van der Waals surface area contributed by atoms with Crippen LogP contribution in [0, 0.1) is 0 Å². The molecule has 2 heterocycles. The summed E-state index contributed by atoms with van der Waals surface area (Å²) in [5.41, 5.74) is 1.50. The Labute approximate surface area is 140 Å². The van der Waals surface area contributed by atoms with Crippen molar-refractivity contribution in [2.24, 2.45) is 7.05 Å². The summed E-state index contributed by atoms with van der Waals surface area (Å²) in [7, 11) is 1.76. The number of piperidine rings is 1. The standard InChI is InChI=1S/C17H20ClN3O2/c1-20-11-15(18)16(19-20)17(22)21-9-7-14(8-10-21)23-12-13-5-3-2-4-6-13/h2-6,11,14H,7-10,12H2,1H3. The van der Waals surface area contributed by atoms with Gasteiger partial charge in [-0.05, 0) is 18.4 Å². The Morgan fingerprint density at radius 1 is 1.30 bits per heavy atom. The van der Waals surface area contributed by atoms with Crippen molar-refractivity contribution in [2.75, 3.05) is 13.1 Å². The van der Waals surface area contributed by atoms with Crippen LogP contribution in [0.5, 0.6) is 0 Å². The van der Waals surface area contributed by atoms with Crippen molar-refractivity contribution < 1.29 is 9.53 Å². The van der Waals surface area contributed by atoms with Crippen molar-refractivity contribution in [3.05, 3.63) is 52.8 Å². The largest absolute Gasteiger partial charge is 0.373 e. The van der Waals surface area contributed by atoms with Crippen LogP contribution in [0.25, 0.3) is 0 Å². The number of rotatable bonds is 4. The van der Waals surface area contributed by atoms with Crippen LogP contribution in [-0.4, -0.2) is 39.8 Å². The second kappa shape index (κ2) is 7.15. The minimum absolute atomic E-state index is 0.0999. The number of carbonyl (C=O) groups excluding carboxylic acids is 1. The lowest BCUT2D eigenvalue weighted by Gasteiger charge is -2.31. The Bertz CT molecular complexity index is 664. The molecule has 0 bridgehead atoms. The fourth-order valence-electron chi connectivity index (χ4n) is 2.77. The highest BCUT2D eigenvalue weighted by atomic mass is 35.5. The number of benzene rings is 1. The molecule has 23 heavy (non-hydrogen) atoms. The maximum Gasteiger partial charge on any atom is 0.275 e. The smallest absolute Gasteiger partial charge is 0.275 e. The lowest BCUT2D eigenvalue weighted by Crippen LogP contribution is -2.41. The highest BCUT2D eigenvalue weighted by molar-refractivity contribution is 6.33. The number of hydrogen-bond acceptors (Lipinski definition) is 3. The second-order valence-electron chi connectivity index (χ2n) is 5.79. The molecule has 0 spiro atoms. The van der Waals surface area contributed by atoms with Crippen LogP contribution in [0.4, 0.5) is 0 Å². The zero-order chi connectivity index (χ0) is 16.2. The van der Waals surface area contributed by atoms with Crippen molar-refractivity contribution >= 4 is 17.5 Å². The summed E-state index contributed by atoms with van der Waals surface area (Å²) >= 11 is 6.05. The number of halogens is 1. The van der Waals surface area contributed by atoms with E-state index in [1.807, 2.05) is 18.2 Å². The van der Waals surface area contributed by atoms with Gasteiger partial charge in [-0.1, -0.05) is 41.9 Å². The third kappa shape index (κ3) is 3.92. The zero-order valence-electron chi connectivity index (χ0n) is 13.1. The molecule has 1 aliphatic heterocycles. The number of nitrogens with zero attached hydrogens (tertiary/aromatic N) is 3. The first-order chi connectivity index (χ1) is 11.1. The highest BCUT2D eigenvalue weighted by Gasteiger charge is 2.26. The molecule has 0 saturated carbocycles. The molecular weight excluding hydrogens is 314 g/mol. The predicted molar refractivity (Wildman–Crippen MR) is 88.4 cm³/mol. The van der Waals surface area contributed by atoms with Gasteiger partial charge in [0.05, 0.1) is 17.7 Å². The molecule has 6 heteroatoms. The summed E-state index contributed by atoms with van der Waals surface area (Å²) in [4.78, 5) is 14.2. The van der Waals surface area contributed by atoms with E-state index in [0.29, 0.717) is 30.4 Å². The van der Waals surface area contributed by atoms with E-state index in [4.69, 9.17) is 16.3 Å². The van der Waals surface area contributed by atoms with E-state index in [9.17, 15) is 4.79 Å². The molecule has 122 valence electrons. The van der Waals surface area contributed by atoms with Gasteiger partial charge in [0.15, 0.2) is 5.69 Å². The first-order valence-electron chi connectivity index (χ1n) is 7.77. The number of aromatic nitrogens is 2. The maximum atomic E-state index is 12.4. The van der Waals surface area contributed by atoms with E-state index in [1.165, 1.54) is 5.56 Å². The van der Waals surface area contributed by atoms with Gasteiger partial charge in [-0.3, -0.25) is 9.48 Å². The van der Waals surface area contributed by atoms with Crippen LogP contribution < -0.4 is 0 Å². The average Bonchev–Trinajstić information content (AvgIpc) is 2.92. The van der Waals surface area contributed by atoms with E-state index in [-0.39, 0.29) is 12.0 Å². The summed E-state index contributed by atoms with van der Waals surface area (Å²) in [6.07, 6.45) is 3.51. The molecule has 0 N–H and O–H groups in total. The van der Waals surface area contributed by atoms with Crippen molar-refractivity contribution in [1.29, 1.82) is 0 Å². The number of amides is 1. The van der Waals surface area contributed by atoms with Gasteiger partial charge in [-0.15, -0.1) is 0 Å². The Morgan fingerprint density at radius 3 is 2.61 bits per heavy atom. The molecule has 0 aliphatic carbocycles. The van der Waals surface area contributed by atoms with Gasteiger partial charge in [0.25, 0.3) is 5.91 Å². The summed E-state index contributed by atoms with van der Waals surface area (Å²) in [5, 5.41) is 4.55. The van der Waals surface area contributed by atoms with Crippen LogP contribution in [0.1, 0.15) is 28.9 Å². The molecule has 0 unspecified atom stereocenters. The van der Waals surface area contributed by atoms with Gasteiger partial charge in [-0.25, -0.2) is 0 Å². The van der Waals surface area contributed by atoms with Crippen LogP contribution in [0.15, 0.2) is 36.5 Å². The molecule has 1 saturated heterocycles. The predicted octanol–water partition coefficient (Wildman–Crippen LogP) is 2.89. The molecular formula is C17H20ClN3O2. The first kappa shape index (κ1) is 16.0. The van der Waals surface area contributed by atoms with Gasteiger partial charge < -0.3 is 9.64 Å². The van der Waals surface area contributed by atoms with Gasteiger partial charge in [0, 0.05) is 26.3 Å². The average molecular weight is 334 g/mol. The van der Waals surface area contributed by atoms with Crippen molar-refractivity contribution in [3.63, 3.8) is 0 Å². The third-order valence-corrected chi connectivity index (χ3v) is 4.32. The van der Waals surface area contributed by atoms with E-state index < -0.39 is 0 Å². The second-order valence-corrected chi connectivity index (χ2v) is 6.19. The Morgan fingerprint density at radius 2 is 2.00 bits per heavy atom. The van der Waals surface area contributed by atoms with Gasteiger partial charge >= 0.3 is 0 Å². The lowest BCUT2D eigenvalue weighted by molar-refractivity contribution is -0.000519. The van der Waals surface area contributed by atoms with Crippen LogP contribution in [0.3, 0.4) is 0 Å². The monoisotopic (exact) mass is 333 g/mol. The van der Waals surface area contributed by atoms with Gasteiger partial charge in [0.1, 0.15) is 0 Å². The molecule has 1 aliphatic rings. The van der Waals surface area contributed by atoms with Crippen LogP contribution >= 0.6 is 11.6 Å². The summed E-state index contributed by atoms with van der Waals surface area (Å²) in [5.74, 6) is -0.0999. The molecule has 1 amide bonds. The normalized spacial score (nSPS) is 15.8. The summed E-state index contributed by atoms with van der Waals surface area (Å²) in [6.45, 7) is 1.96. The quantitative estimate of drug-likeness (QED) is 0.864. The van der Waals surface area contributed by atoms with Crippen LogP contribution in [0.2, 0.25) is 5.02 Å². The van der Waals surface area contributed by atoms with E-state index >= 15 is 0 Å². The van der Waals surface area contributed by atoms with E-state index in [1.54, 1.807) is 22.8 Å². The minimum Gasteiger partial charge on any atom is -0.373 e. The highest BCUT2D eigenvalue weighted by Crippen LogP contribution is 2.20. The lowest BCUT2D eigenvalue weighted by atomic mass is 10.1. The third-order valence-electron chi connectivity index (χ3n) is 4.04. The van der Waals surface area contributed by atoms with Crippen molar-refractivity contribution in [3.8, 4) is 0 Å². The number of aryl methyl sites for hydroxylation is 1. The Hall–Kier alpha value is -1.85. The summed E-state index contributed by atoms with van der Waals surface area (Å²) < 4.78 is 7.51.